The molecule has 0 aromatic carbocycles. The second-order valence-corrected chi connectivity index (χ2v) is 3.31. The second-order valence-electron chi connectivity index (χ2n) is 3.31. The molecule has 0 fully saturated rings. The molecule has 15 heavy (non-hydrogen) atoms. The fraction of sp³-hybridized carbons (Fsp3) is 0.182. The van der Waals surface area contributed by atoms with Crippen LogP contribution in [-0.4, -0.2) is 19.5 Å². The van der Waals surface area contributed by atoms with Crippen molar-refractivity contribution in [1.29, 1.82) is 0 Å². The summed E-state index contributed by atoms with van der Waals surface area (Å²) in [6, 6.07) is 0. The average molecular weight is 200 g/mol. The van der Waals surface area contributed by atoms with Gasteiger partial charge in [0.2, 0.25) is 5.95 Å². The Hall–Kier alpha value is -1.97. The van der Waals surface area contributed by atoms with Crippen LogP contribution in [0.1, 0.15) is 17.0 Å². The van der Waals surface area contributed by atoms with E-state index in [1.807, 2.05) is 18.4 Å². The minimum Gasteiger partial charge on any atom is -0.271 e. The molecule has 2 aromatic heterocycles. The summed E-state index contributed by atoms with van der Waals surface area (Å²) in [6.45, 7) is 7.61. The van der Waals surface area contributed by atoms with Crippen LogP contribution < -0.4 is 0 Å². The molecule has 76 valence electrons. The van der Waals surface area contributed by atoms with Crippen LogP contribution in [0.15, 0.2) is 25.3 Å². The number of aryl methyl sites for hydroxylation is 1. The predicted octanol–water partition coefficient (Wildman–Crippen LogP) is 1.92. The Balaban J connectivity index is 2.45. The van der Waals surface area contributed by atoms with Crippen LogP contribution in [0.2, 0.25) is 0 Å². The molecule has 4 nitrogen and oxygen atoms in total. The standard InChI is InChI=1S/C11H12N4/c1-4-10-5-12-11(13-6-10)15-7-14-8(2)9(15)3/h4-7H,1H2,2-3H3. The van der Waals surface area contributed by atoms with Crippen LogP contribution in [0, 0.1) is 13.8 Å². The molecular weight excluding hydrogens is 188 g/mol. The molecule has 0 saturated carbocycles. The predicted molar refractivity (Wildman–Crippen MR) is 58.7 cm³/mol. The topological polar surface area (TPSA) is 43.6 Å². The van der Waals surface area contributed by atoms with E-state index in [-0.39, 0.29) is 0 Å². The molecule has 2 aromatic rings. The summed E-state index contributed by atoms with van der Waals surface area (Å²) in [7, 11) is 0. The van der Waals surface area contributed by atoms with E-state index < -0.39 is 0 Å². The van der Waals surface area contributed by atoms with Gasteiger partial charge in [-0.1, -0.05) is 12.7 Å². The van der Waals surface area contributed by atoms with Crippen LogP contribution in [0.4, 0.5) is 0 Å². The molecule has 0 aliphatic heterocycles. The SMILES string of the molecule is C=Cc1cnc(-n2cnc(C)c2C)nc1. The van der Waals surface area contributed by atoms with Gasteiger partial charge < -0.3 is 0 Å². The molecule has 0 N–H and O–H groups in total. The lowest BCUT2D eigenvalue weighted by Gasteiger charge is -2.02. The van der Waals surface area contributed by atoms with Crippen LogP contribution in [-0.2, 0) is 0 Å². The van der Waals surface area contributed by atoms with E-state index in [1.54, 1.807) is 24.8 Å². The second kappa shape index (κ2) is 3.65. The first-order valence-electron chi connectivity index (χ1n) is 4.68. The molecule has 2 rings (SSSR count). The summed E-state index contributed by atoms with van der Waals surface area (Å²) in [5.74, 6) is 0.638. The molecule has 4 heteroatoms. The summed E-state index contributed by atoms with van der Waals surface area (Å²) in [4.78, 5) is 12.7. The molecule has 0 amide bonds. The van der Waals surface area contributed by atoms with Crippen molar-refractivity contribution in [3.05, 3.63) is 42.3 Å². The summed E-state index contributed by atoms with van der Waals surface area (Å²) in [5, 5.41) is 0. The maximum absolute atomic E-state index is 4.23. The molecule has 0 unspecified atom stereocenters. The van der Waals surface area contributed by atoms with Gasteiger partial charge in [0.05, 0.1) is 5.69 Å². The molecule has 0 bridgehead atoms. The van der Waals surface area contributed by atoms with Crippen LogP contribution in [0.25, 0.3) is 12.0 Å². The van der Waals surface area contributed by atoms with Gasteiger partial charge in [-0.25, -0.2) is 15.0 Å². The van der Waals surface area contributed by atoms with E-state index >= 15 is 0 Å². The maximum atomic E-state index is 4.23. The molecule has 0 aliphatic rings. The summed E-state index contributed by atoms with van der Waals surface area (Å²) in [6.07, 6.45) is 6.93. The number of aromatic nitrogens is 4. The Morgan fingerprint density at radius 3 is 2.33 bits per heavy atom. The number of nitrogens with zero attached hydrogens (tertiary/aromatic N) is 4. The fourth-order valence-corrected chi connectivity index (χ4v) is 1.26. The van der Waals surface area contributed by atoms with Gasteiger partial charge in [-0.15, -0.1) is 0 Å². The summed E-state index contributed by atoms with van der Waals surface area (Å²) >= 11 is 0. The lowest BCUT2D eigenvalue weighted by atomic mass is 10.3. The average Bonchev–Trinajstić information content (AvgIpc) is 2.60. The lowest BCUT2D eigenvalue weighted by Crippen LogP contribution is -2.01. The fourth-order valence-electron chi connectivity index (χ4n) is 1.26. The van der Waals surface area contributed by atoms with E-state index in [4.69, 9.17) is 0 Å². The summed E-state index contributed by atoms with van der Waals surface area (Å²) < 4.78 is 1.86. The maximum Gasteiger partial charge on any atom is 0.235 e. The van der Waals surface area contributed by atoms with E-state index in [1.165, 1.54) is 0 Å². The highest BCUT2D eigenvalue weighted by Crippen LogP contribution is 2.09. The van der Waals surface area contributed by atoms with Gasteiger partial charge in [0.15, 0.2) is 0 Å². The van der Waals surface area contributed by atoms with Gasteiger partial charge in [-0.3, -0.25) is 4.57 Å². The third kappa shape index (κ3) is 1.66. The lowest BCUT2D eigenvalue weighted by molar-refractivity contribution is 0.892. The smallest absolute Gasteiger partial charge is 0.235 e. The van der Waals surface area contributed by atoms with Crippen molar-refractivity contribution in [2.45, 2.75) is 13.8 Å². The van der Waals surface area contributed by atoms with Gasteiger partial charge in [0.1, 0.15) is 6.33 Å². The van der Waals surface area contributed by atoms with E-state index in [2.05, 4.69) is 21.5 Å². The highest BCUT2D eigenvalue weighted by atomic mass is 15.2. The molecular formula is C11H12N4. The molecule has 0 spiro atoms. The first-order chi connectivity index (χ1) is 7.22. The first-order valence-corrected chi connectivity index (χ1v) is 4.68. The number of imidazole rings is 1. The Morgan fingerprint density at radius 2 is 1.87 bits per heavy atom. The minimum absolute atomic E-state index is 0.638. The highest BCUT2D eigenvalue weighted by Gasteiger charge is 2.05. The molecule has 0 atom stereocenters. The molecule has 0 saturated heterocycles. The van der Waals surface area contributed by atoms with E-state index in [9.17, 15) is 0 Å². The Morgan fingerprint density at radius 1 is 1.20 bits per heavy atom. The van der Waals surface area contributed by atoms with Gasteiger partial charge in [-0.05, 0) is 13.8 Å². The number of rotatable bonds is 2. The zero-order valence-corrected chi connectivity index (χ0v) is 8.81. The van der Waals surface area contributed by atoms with E-state index in [0.717, 1.165) is 17.0 Å². The van der Waals surface area contributed by atoms with Gasteiger partial charge in [-0.2, -0.15) is 0 Å². The quantitative estimate of drug-likeness (QED) is 0.743. The number of hydrogen-bond donors (Lipinski definition) is 0. The minimum atomic E-state index is 0.638. The van der Waals surface area contributed by atoms with Crippen molar-refractivity contribution >= 4 is 6.08 Å². The molecule has 0 aliphatic carbocycles. The van der Waals surface area contributed by atoms with Crippen molar-refractivity contribution in [3.63, 3.8) is 0 Å². The highest BCUT2D eigenvalue weighted by molar-refractivity contribution is 5.43. The van der Waals surface area contributed by atoms with Crippen molar-refractivity contribution in [1.82, 2.24) is 19.5 Å². The largest absolute Gasteiger partial charge is 0.271 e. The van der Waals surface area contributed by atoms with Gasteiger partial charge in [0, 0.05) is 23.7 Å². The Bertz CT molecular complexity index is 482. The third-order valence-electron chi connectivity index (χ3n) is 2.36. The Kier molecular flexibility index (Phi) is 2.33. The zero-order valence-electron chi connectivity index (χ0n) is 8.81. The monoisotopic (exact) mass is 200 g/mol. The zero-order chi connectivity index (χ0) is 10.8. The van der Waals surface area contributed by atoms with Crippen molar-refractivity contribution in [3.8, 4) is 5.95 Å². The first kappa shape index (κ1) is 9.58. The van der Waals surface area contributed by atoms with Gasteiger partial charge in [0.25, 0.3) is 0 Å². The van der Waals surface area contributed by atoms with Crippen molar-refractivity contribution in [2.24, 2.45) is 0 Å². The third-order valence-corrected chi connectivity index (χ3v) is 2.36. The van der Waals surface area contributed by atoms with Crippen molar-refractivity contribution < 1.29 is 0 Å². The Labute approximate surface area is 88.3 Å². The normalized spacial score (nSPS) is 10.3. The van der Waals surface area contributed by atoms with Crippen LogP contribution in [0.5, 0.6) is 0 Å². The molecule has 0 radical (unpaired) electrons. The van der Waals surface area contributed by atoms with Crippen LogP contribution >= 0.6 is 0 Å². The number of hydrogen-bond acceptors (Lipinski definition) is 3. The summed E-state index contributed by atoms with van der Waals surface area (Å²) in [5.41, 5.74) is 2.96. The van der Waals surface area contributed by atoms with Gasteiger partial charge >= 0.3 is 0 Å². The molecule has 2 heterocycles. The van der Waals surface area contributed by atoms with Crippen LogP contribution in [0.3, 0.4) is 0 Å². The van der Waals surface area contributed by atoms with Crippen molar-refractivity contribution in [2.75, 3.05) is 0 Å². The van der Waals surface area contributed by atoms with E-state index in [0.29, 0.717) is 5.95 Å².